The monoisotopic (exact) mass is 410 g/mol. The summed E-state index contributed by atoms with van der Waals surface area (Å²) in [6.07, 6.45) is 8.72. The van der Waals surface area contributed by atoms with Gasteiger partial charge in [0.15, 0.2) is 6.61 Å². The van der Waals surface area contributed by atoms with Gasteiger partial charge in [0, 0.05) is 24.3 Å². The molecule has 2 unspecified atom stereocenters. The van der Waals surface area contributed by atoms with E-state index in [2.05, 4.69) is 14.7 Å². The van der Waals surface area contributed by atoms with Gasteiger partial charge in [-0.05, 0) is 38.0 Å². The lowest BCUT2D eigenvalue weighted by Crippen LogP contribution is -2.50. The number of fused-ring (bicyclic) bond motifs is 5. The van der Waals surface area contributed by atoms with Gasteiger partial charge in [0.05, 0.1) is 25.0 Å². The largest absolute Gasteiger partial charge is 0.467 e. The van der Waals surface area contributed by atoms with Gasteiger partial charge in [-0.1, -0.05) is 0 Å². The van der Waals surface area contributed by atoms with Crippen molar-refractivity contribution in [2.24, 2.45) is 0 Å². The number of aromatic nitrogens is 2. The standard InChI is InChI=1S/C18H26N4O5S/c1-28(24,25)21-15-6-7-22-16(15)9-26-13-4-2-12(3-5-13)14-8-19-11-20-18(14)27-10-17(22)23/h8,11-13,15-16,21H,2-7,9-10H2,1H3. The lowest BCUT2D eigenvalue weighted by molar-refractivity contribution is -0.136. The average molecular weight is 410 g/mol. The molecule has 28 heavy (non-hydrogen) atoms. The number of hydrogen-bond acceptors (Lipinski definition) is 7. The maximum absolute atomic E-state index is 12.8. The van der Waals surface area contributed by atoms with Crippen molar-refractivity contribution in [3.63, 3.8) is 0 Å². The molecule has 2 fully saturated rings. The van der Waals surface area contributed by atoms with E-state index in [-0.39, 0.29) is 30.7 Å². The third-order valence-electron chi connectivity index (χ3n) is 5.88. The number of carbonyl (C=O) groups is 1. The first kappa shape index (κ1) is 19.5. The fourth-order valence-corrected chi connectivity index (χ4v) is 5.32. The molecule has 9 nitrogen and oxygen atoms in total. The van der Waals surface area contributed by atoms with Crippen LogP contribution < -0.4 is 9.46 Å². The molecule has 2 bridgehead atoms. The van der Waals surface area contributed by atoms with Crippen molar-refractivity contribution in [1.29, 1.82) is 0 Å². The van der Waals surface area contributed by atoms with Crippen LogP contribution in [0.2, 0.25) is 0 Å². The Hall–Kier alpha value is -1.78. The molecule has 1 aromatic heterocycles. The molecule has 0 aromatic carbocycles. The highest BCUT2D eigenvalue weighted by molar-refractivity contribution is 7.88. The summed E-state index contributed by atoms with van der Waals surface area (Å²) in [5.74, 6) is 0.572. The Kier molecular flexibility index (Phi) is 5.52. The first-order valence-corrected chi connectivity index (χ1v) is 11.6. The van der Waals surface area contributed by atoms with E-state index in [1.165, 1.54) is 6.33 Å². The van der Waals surface area contributed by atoms with E-state index in [0.717, 1.165) is 37.5 Å². The molecule has 1 N–H and O–H groups in total. The van der Waals surface area contributed by atoms with Crippen LogP contribution in [-0.4, -0.2) is 73.4 Å². The van der Waals surface area contributed by atoms with Crippen molar-refractivity contribution < 1.29 is 22.7 Å². The maximum Gasteiger partial charge on any atom is 0.260 e. The van der Waals surface area contributed by atoms with Crippen molar-refractivity contribution in [1.82, 2.24) is 19.6 Å². The molecule has 1 amide bonds. The van der Waals surface area contributed by atoms with Gasteiger partial charge in [-0.25, -0.2) is 23.1 Å². The second kappa shape index (κ2) is 7.92. The van der Waals surface area contributed by atoms with Crippen LogP contribution in [0.5, 0.6) is 5.88 Å². The molecule has 3 aliphatic heterocycles. The lowest BCUT2D eigenvalue weighted by atomic mass is 9.83. The molecule has 2 atom stereocenters. The van der Waals surface area contributed by atoms with Crippen LogP contribution in [0.4, 0.5) is 0 Å². The van der Waals surface area contributed by atoms with E-state index in [9.17, 15) is 13.2 Å². The average Bonchev–Trinajstić information content (AvgIpc) is 3.05. The highest BCUT2D eigenvalue weighted by atomic mass is 32.2. The van der Waals surface area contributed by atoms with Crippen LogP contribution in [0.15, 0.2) is 12.5 Å². The topological polar surface area (TPSA) is 111 Å². The molecule has 4 aliphatic rings. The van der Waals surface area contributed by atoms with Gasteiger partial charge in [0.25, 0.3) is 5.91 Å². The summed E-state index contributed by atoms with van der Waals surface area (Å²) in [6.45, 7) is 0.649. The van der Waals surface area contributed by atoms with Crippen molar-refractivity contribution >= 4 is 15.9 Å². The quantitative estimate of drug-likeness (QED) is 0.753. The predicted octanol–water partition coefficient (Wildman–Crippen LogP) is 0.431. The highest BCUT2D eigenvalue weighted by Gasteiger charge is 2.40. The van der Waals surface area contributed by atoms with Gasteiger partial charge in [-0.2, -0.15) is 0 Å². The number of nitrogens with one attached hydrogen (secondary N) is 1. The number of carbonyl (C=O) groups excluding carboxylic acids is 1. The highest BCUT2D eigenvalue weighted by Crippen LogP contribution is 2.37. The first-order chi connectivity index (χ1) is 13.4. The molecule has 154 valence electrons. The van der Waals surface area contributed by atoms with E-state index in [1.54, 1.807) is 11.1 Å². The van der Waals surface area contributed by atoms with Crippen molar-refractivity contribution in [2.45, 2.75) is 56.2 Å². The smallest absolute Gasteiger partial charge is 0.260 e. The normalized spacial score (nSPS) is 31.2. The van der Waals surface area contributed by atoms with Crippen LogP contribution >= 0.6 is 0 Å². The molecule has 1 aromatic rings. The molecular formula is C18H26N4O5S. The molecule has 1 aliphatic carbocycles. The van der Waals surface area contributed by atoms with Crippen LogP contribution in [0, 0.1) is 0 Å². The fraction of sp³-hybridized carbons (Fsp3) is 0.722. The number of ether oxygens (including phenoxy) is 2. The van der Waals surface area contributed by atoms with Crippen molar-refractivity contribution in [3.05, 3.63) is 18.1 Å². The molecule has 0 spiro atoms. The molecule has 10 heteroatoms. The molecular weight excluding hydrogens is 384 g/mol. The zero-order valence-electron chi connectivity index (χ0n) is 15.9. The number of amides is 1. The van der Waals surface area contributed by atoms with E-state index < -0.39 is 10.0 Å². The Morgan fingerprint density at radius 3 is 2.75 bits per heavy atom. The second-order valence-electron chi connectivity index (χ2n) is 7.82. The summed E-state index contributed by atoms with van der Waals surface area (Å²) in [5, 5.41) is 0. The number of sulfonamides is 1. The SMILES string of the molecule is CS(=O)(=O)NC1CCN2C(=O)COc3ncncc3C3CCC(CC3)OCC12. The Labute approximate surface area is 164 Å². The minimum Gasteiger partial charge on any atom is -0.467 e. The summed E-state index contributed by atoms with van der Waals surface area (Å²) < 4.78 is 38.1. The second-order valence-corrected chi connectivity index (χ2v) is 9.60. The van der Waals surface area contributed by atoms with Gasteiger partial charge < -0.3 is 14.4 Å². The zero-order chi connectivity index (χ0) is 19.7. The van der Waals surface area contributed by atoms with Crippen LogP contribution in [0.25, 0.3) is 0 Å². The lowest BCUT2D eigenvalue weighted by Gasteiger charge is -2.32. The van der Waals surface area contributed by atoms with E-state index in [1.807, 2.05) is 0 Å². The Morgan fingerprint density at radius 2 is 2.00 bits per heavy atom. The van der Waals surface area contributed by atoms with E-state index in [4.69, 9.17) is 9.47 Å². The Balaban J connectivity index is 1.59. The molecule has 5 rings (SSSR count). The van der Waals surface area contributed by atoms with Gasteiger partial charge in [0.2, 0.25) is 15.9 Å². The van der Waals surface area contributed by atoms with Gasteiger partial charge in [0.1, 0.15) is 6.33 Å². The Bertz CT molecular complexity index is 825. The number of rotatable bonds is 2. The third-order valence-corrected chi connectivity index (χ3v) is 6.61. The van der Waals surface area contributed by atoms with Gasteiger partial charge in [-0.15, -0.1) is 0 Å². The van der Waals surface area contributed by atoms with Crippen molar-refractivity contribution in [2.75, 3.05) is 26.0 Å². The van der Waals surface area contributed by atoms with E-state index >= 15 is 0 Å². The van der Waals surface area contributed by atoms with E-state index in [0.29, 0.717) is 31.4 Å². The number of nitrogens with zero attached hydrogens (tertiary/aromatic N) is 3. The summed E-state index contributed by atoms with van der Waals surface area (Å²) >= 11 is 0. The molecule has 0 radical (unpaired) electrons. The summed E-state index contributed by atoms with van der Waals surface area (Å²) in [7, 11) is -3.37. The molecule has 1 saturated heterocycles. The summed E-state index contributed by atoms with van der Waals surface area (Å²) in [6, 6.07) is -0.691. The zero-order valence-corrected chi connectivity index (χ0v) is 16.7. The van der Waals surface area contributed by atoms with Crippen LogP contribution in [-0.2, 0) is 19.6 Å². The third kappa shape index (κ3) is 4.28. The summed E-state index contributed by atoms with van der Waals surface area (Å²) in [4.78, 5) is 22.9. The summed E-state index contributed by atoms with van der Waals surface area (Å²) in [5.41, 5.74) is 0.947. The first-order valence-electron chi connectivity index (χ1n) is 9.72. The maximum atomic E-state index is 12.8. The van der Waals surface area contributed by atoms with Gasteiger partial charge in [-0.3, -0.25) is 4.79 Å². The minimum absolute atomic E-state index is 0.113. The predicted molar refractivity (Wildman–Crippen MR) is 100 cm³/mol. The Morgan fingerprint density at radius 1 is 1.21 bits per heavy atom. The molecule has 1 saturated carbocycles. The van der Waals surface area contributed by atoms with Crippen molar-refractivity contribution in [3.8, 4) is 5.88 Å². The molecule has 4 heterocycles. The van der Waals surface area contributed by atoms with Crippen LogP contribution in [0.1, 0.15) is 43.6 Å². The number of hydrogen-bond donors (Lipinski definition) is 1. The van der Waals surface area contributed by atoms with Crippen LogP contribution in [0.3, 0.4) is 0 Å². The minimum atomic E-state index is -3.37. The van der Waals surface area contributed by atoms with Gasteiger partial charge >= 0.3 is 0 Å². The fourth-order valence-electron chi connectivity index (χ4n) is 4.50.